The monoisotopic (exact) mass is 369 g/mol. The summed E-state index contributed by atoms with van der Waals surface area (Å²) in [6.45, 7) is 4.90. The lowest BCUT2D eigenvalue weighted by molar-refractivity contribution is 0.239. The van der Waals surface area contributed by atoms with Gasteiger partial charge in [-0.2, -0.15) is 0 Å². The topological polar surface area (TPSA) is 61.4 Å². The Bertz CT molecular complexity index is 622. The Hall–Kier alpha value is -0.440. The van der Waals surface area contributed by atoms with E-state index in [1.807, 2.05) is 0 Å². The number of hydrogen-bond acceptors (Lipinski definition) is 4. The quantitative estimate of drug-likeness (QED) is 0.591. The Kier molecular flexibility index (Phi) is 6.43. The number of rotatable bonds is 6. The fourth-order valence-electron chi connectivity index (χ4n) is 2.24. The SMILES string of the molecule is O=S(=O)(NCCCN1CCNCC1)c1ccc(Cl)c(F)c1Cl. The van der Waals surface area contributed by atoms with Gasteiger partial charge < -0.3 is 10.2 Å². The molecular formula is C13H18Cl2FN3O2S. The molecule has 0 unspecified atom stereocenters. The normalized spacial score (nSPS) is 16.9. The van der Waals surface area contributed by atoms with Gasteiger partial charge in [0.2, 0.25) is 10.0 Å². The average Bonchev–Trinajstić information content (AvgIpc) is 2.50. The zero-order valence-corrected chi connectivity index (χ0v) is 14.2. The van der Waals surface area contributed by atoms with Gasteiger partial charge in [0.15, 0.2) is 5.82 Å². The van der Waals surface area contributed by atoms with Gasteiger partial charge in [0, 0.05) is 32.7 Å². The molecule has 22 heavy (non-hydrogen) atoms. The van der Waals surface area contributed by atoms with Crippen molar-refractivity contribution in [2.75, 3.05) is 39.3 Å². The van der Waals surface area contributed by atoms with Crippen LogP contribution in [0.1, 0.15) is 6.42 Å². The highest BCUT2D eigenvalue weighted by atomic mass is 35.5. The molecule has 124 valence electrons. The van der Waals surface area contributed by atoms with Crippen LogP contribution in [0, 0.1) is 5.82 Å². The van der Waals surface area contributed by atoms with Gasteiger partial charge in [-0.05, 0) is 25.1 Å². The van der Waals surface area contributed by atoms with E-state index in [0.29, 0.717) is 6.42 Å². The van der Waals surface area contributed by atoms with Gasteiger partial charge in [-0.25, -0.2) is 17.5 Å². The summed E-state index contributed by atoms with van der Waals surface area (Å²) in [4.78, 5) is 1.97. The average molecular weight is 370 g/mol. The third kappa shape index (κ3) is 4.53. The summed E-state index contributed by atoms with van der Waals surface area (Å²) in [5.74, 6) is -0.924. The highest BCUT2D eigenvalue weighted by molar-refractivity contribution is 7.89. The van der Waals surface area contributed by atoms with Gasteiger partial charge >= 0.3 is 0 Å². The highest BCUT2D eigenvalue weighted by Gasteiger charge is 2.21. The number of benzene rings is 1. The van der Waals surface area contributed by atoms with Gasteiger partial charge in [-0.3, -0.25) is 0 Å². The van der Waals surface area contributed by atoms with Gasteiger partial charge in [0.05, 0.1) is 10.0 Å². The number of nitrogens with zero attached hydrogens (tertiary/aromatic N) is 1. The van der Waals surface area contributed by atoms with Gasteiger partial charge in [0.1, 0.15) is 4.90 Å². The Labute approximate surface area is 139 Å². The molecule has 1 aromatic rings. The summed E-state index contributed by atoms with van der Waals surface area (Å²) in [6.07, 6.45) is 0.674. The van der Waals surface area contributed by atoms with Gasteiger partial charge in [-0.1, -0.05) is 23.2 Å². The van der Waals surface area contributed by atoms with Gasteiger partial charge in [-0.15, -0.1) is 0 Å². The molecule has 1 heterocycles. The fraction of sp³-hybridized carbons (Fsp3) is 0.538. The van der Waals surface area contributed by atoms with Crippen LogP contribution in [0.5, 0.6) is 0 Å². The Morgan fingerprint density at radius 3 is 2.64 bits per heavy atom. The lowest BCUT2D eigenvalue weighted by atomic mass is 10.3. The largest absolute Gasteiger partial charge is 0.314 e. The molecule has 0 aromatic heterocycles. The minimum atomic E-state index is -3.84. The van der Waals surface area contributed by atoms with E-state index in [9.17, 15) is 12.8 Å². The van der Waals surface area contributed by atoms with E-state index in [1.54, 1.807) is 0 Å². The van der Waals surface area contributed by atoms with Crippen LogP contribution in [0.4, 0.5) is 4.39 Å². The first-order chi connectivity index (χ1) is 10.4. The predicted molar refractivity (Wildman–Crippen MR) is 85.5 cm³/mol. The van der Waals surface area contributed by atoms with E-state index in [2.05, 4.69) is 14.9 Å². The molecule has 1 aliphatic heterocycles. The summed E-state index contributed by atoms with van der Waals surface area (Å²) in [7, 11) is -3.84. The van der Waals surface area contributed by atoms with E-state index >= 15 is 0 Å². The first-order valence-electron chi connectivity index (χ1n) is 6.98. The number of halogens is 3. The van der Waals surface area contributed by atoms with Crippen LogP contribution in [0.3, 0.4) is 0 Å². The summed E-state index contributed by atoms with van der Waals surface area (Å²) < 4.78 is 40.3. The summed E-state index contributed by atoms with van der Waals surface area (Å²) in [5, 5.41) is 2.56. The molecule has 1 fully saturated rings. The van der Waals surface area contributed by atoms with Crippen molar-refractivity contribution < 1.29 is 12.8 Å². The second-order valence-corrected chi connectivity index (χ2v) is 7.54. The molecule has 0 spiro atoms. The lowest BCUT2D eigenvalue weighted by Gasteiger charge is -2.27. The second-order valence-electron chi connectivity index (χ2n) is 5.02. The summed E-state index contributed by atoms with van der Waals surface area (Å²) in [6, 6.07) is 2.38. The van der Waals surface area contributed by atoms with Crippen LogP contribution < -0.4 is 10.0 Å². The van der Waals surface area contributed by atoms with E-state index in [4.69, 9.17) is 23.2 Å². The highest BCUT2D eigenvalue weighted by Crippen LogP contribution is 2.29. The van der Waals surface area contributed by atoms with Crippen molar-refractivity contribution in [3.05, 3.63) is 28.0 Å². The van der Waals surface area contributed by atoms with Crippen LogP contribution in [-0.4, -0.2) is 52.6 Å². The number of nitrogens with one attached hydrogen (secondary N) is 2. The molecule has 0 saturated carbocycles. The molecule has 0 radical (unpaired) electrons. The van der Waals surface area contributed by atoms with Crippen molar-refractivity contribution in [3.63, 3.8) is 0 Å². The van der Waals surface area contributed by atoms with E-state index in [-0.39, 0.29) is 16.5 Å². The Morgan fingerprint density at radius 2 is 1.95 bits per heavy atom. The Balaban J connectivity index is 1.90. The van der Waals surface area contributed by atoms with Crippen molar-refractivity contribution in [2.24, 2.45) is 0 Å². The predicted octanol–water partition coefficient (Wildman–Crippen LogP) is 1.71. The zero-order chi connectivity index (χ0) is 16.2. The molecule has 0 atom stereocenters. The molecule has 1 saturated heterocycles. The van der Waals surface area contributed by atoms with E-state index in [1.165, 1.54) is 12.1 Å². The molecule has 9 heteroatoms. The van der Waals surface area contributed by atoms with Crippen molar-refractivity contribution in [2.45, 2.75) is 11.3 Å². The first kappa shape index (κ1) is 17.9. The Morgan fingerprint density at radius 1 is 1.27 bits per heavy atom. The van der Waals surface area contributed by atoms with Crippen molar-refractivity contribution in [1.82, 2.24) is 14.9 Å². The van der Waals surface area contributed by atoms with Crippen LogP contribution in [0.15, 0.2) is 17.0 Å². The van der Waals surface area contributed by atoms with Crippen LogP contribution in [-0.2, 0) is 10.0 Å². The molecule has 2 rings (SSSR count). The number of sulfonamides is 1. The maximum absolute atomic E-state index is 13.6. The fourth-order valence-corrected chi connectivity index (χ4v) is 4.05. The summed E-state index contributed by atoms with van der Waals surface area (Å²) in [5.41, 5.74) is 0. The maximum Gasteiger partial charge on any atom is 0.242 e. The van der Waals surface area contributed by atoms with Crippen LogP contribution in [0.2, 0.25) is 10.0 Å². The van der Waals surface area contributed by atoms with E-state index in [0.717, 1.165) is 32.7 Å². The first-order valence-corrected chi connectivity index (χ1v) is 9.22. The molecule has 1 aromatic carbocycles. The molecule has 0 bridgehead atoms. The molecule has 0 aliphatic carbocycles. The number of hydrogen-bond donors (Lipinski definition) is 2. The van der Waals surface area contributed by atoms with Crippen molar-refractivity contribution in [1.29, 1.82) is 0 Å². The third-order valence-corrected chi connectivity index (χ3v) is 5.72. The van der Waals surface area contributed by atoms with Crippen molar-refractivity contribution in [3.8, 4) is 0 Å². The molecule has 1 aliphatic rings. The minimum absolute atomic E-state index is 0.206. The molecule has 5 nitrogen and oxygen atoms in total. The lowest BCUT2D eigenvalue weighted by Crippen LogP contribution is -2.44. The van der Waals surface area contributed by atoms with Gasteiger partial charge in [0.25, 0.3) is 0 Å². The molecular weight excluding hydrogens is 352 g/mol. The standard InChI is InChI=1S/C13H18Cl2FN3O2S/c14-10-2-3-11(12(15)13(10)16)22(20,21)18-4-1-7-19-8-5-17-6-9-19/h2-3,17-18H,1,4-9H2. The zero-order valence-electron chi connectivity index (χ0n) is 11.9. The number of piperazine rings is 1. The van der Waals surface area contributed by atoms with Crippen LogP contribution in [0.25, 0.3) is 0 Å². The second kappa shape index (κ2) is 7.90. The van der Waals surface area contributed by atoms with Crippen LogP contribution >= 0.6 is 23.2 Å². The minimum Gasteiger partial charge on any atom is -0.314 e. The third-order valence-electron chi connectivity index (χ3n) is 3.44. The van der Waals surface area contributed by atoms with E-state index < -0.39 is 20.9 Å². The smallest absolute Gasteiger partial charge is 0.242 e. The molecule has 0 amide bonds. The molecule has 2 N–H and O–H groups in total. The van der Waals surface area contributed by atoms with Crippen molar-refractivity contribution >= 4 is 33.2 Å². The summed E-state index contributed by atoms with van der Waals surface area (Å²) >= 11 is 11.3. The maximum atomic E-state index is 13.6.